The van der Waals surface area contributed by atoms with Gasteiger partial charge in [0.1, 0.15) is 5.82 Å². The second kappa shape index (κ2) is 9.84. The van der Waals surface area contributed by atoms with Crippen LogP contribution in [-0.4, -0.2) is 57.9 Å². The van der Waals surface area contributed by atoms with E-state index < -0.39 is 15.8 Å². The Kier molecular flexibility index (Phi) is 7.75. The number of rotatable bonds is 9. The summed E-state index contributed by atoms with van der Waals surface area (Å²) in [5.74, 6) is -0.644. The van der Waals surface area contributed by atoms with E-state index in [1.165, 1.54) is 36.4 Å². The van der Waals surface area contributed by atoms with Gasteiger partial charge >= 0.3 is 0 Å². The summed E-state index contributed by atoms with van der Waals surface area (Å²) >= 11 is 0. The molecule has 0 heterocycles. The highest BCUT2D eigenvalue weighted by Gasteiger charge is 2.21. The molecule has 0 saturated heterocycles. The number of nitrogens with one attached hydrogen (secondary N) is 1. The van der Waals surface area contributed by atoms with Crippen LogP contribution in [0.15, 0.2) is 47.4 Å². The van der Waals surface area contributed by atoms with Crippen molar-refractivity contribution in [2.75, 3.05) is 38.5 Å². The molecule has 2 aromatic rings. The lowest BCUT2D eigenvalue weighted by Gasteiger charge is -2.25. The highest BCUT2D eigenvalue weighted by molar-refractivity contribution is 7.92. The zero-order valence-electron chi connectivity index (χ0n) is 17.3. The van der Waals surface area contributed by atoms with E-state index in [0.29, 0.717) is 24.2 Å². The highest BCUT2D eigenvalue weighted by Crippen LogP contribution is 2.21. The second-order valence-electron chi connectivity index (χ2n) is 7.18. The van der Waals surface area contributed by atoms with Crippen LogP contribution < -0.4 is 4.72 Å². The summed E-state index contributed by atoms with van der Waals surface area (Å²) in [5, 5.41) is 0. The number of carbonyl (C=O) groups excluding carboxylic acids is 1. The number of anilines is 1. The summed E-state index contributed by atoms with van der Waals surface area (Å²) in [6.07, 6.45) is 0.808. The first-order chi connectivity index (χ1) is 13.6. The van der Waals surface area contributed by atoms with E-state index >= 15 is 0 Å². The fourth-order valence-electron chi connectivity index (χ4n) is 2.81. The molecule has 1 N–H and O–H groups in total. The van der Waals surface area contributed by atoms with Gasteiger partial charge < -0.3 is 9.80 Å². The lowest BCUT2D eigenvalue weighted by molar-refractivity contribution is 0.0744. The maximum atomic E-state index is 13.1. The van der Waals surface area contributed by atoms with Crippen molar-refractivity contribution in [1.29, 1.82) is 0 Å². The Balaban J connectivity index is 2.31. The first-order valence-electron chi connectivity index (χ1n) is 9.47. The molecule has 0 unspecified atom stereocenters. The van der Waals surface area contributed by atoms with E-state index in [2.05, 4.69) is 4.72 Å². The van der Waals surface area contributed by atoms with Crippen molar-refractivity contribution in [2.45, 2.75) is 25.2 Å². The number of hydrogen-bond acceptors (Lipinski definition) is 4. The van der Waals surface area contributed by atoms with Crippen molar-refractivity contribution in [3.63, 3.8) is 0 Å². The molecule has 2 aromatic carbocycles. The molecule has 0 fully saturated rings. The second-order valence-corrected chi connectivity index (χ2v) is 8.87. The van der Waals surface area contributed by atoms with Crippen LogP contribution in [-0.2, 0) is 10.0 Å². The Hall–Kier alpha value is -2.45. The molecule has 6 nitrogen and oxygen atoms in total. The van der Waals surface area contributed by atoms with Gasteiger partial charge in [0.05, 0.1) is 4.90 Å². The standard InChI is InChI=1S/C21H28FN3O3S/c1-5-12-25(14-13-24(3)4)21(26)20-15-19(11-6-16(20)2)29(27,28)23-18-9-7-17(22)8-10-18/h6-11,15,23H,5,12-14H2,1-4H3. The number of amides is 1. The maximum Gasteiger partial charge on any atom is 0.261 e. The highest BCUT2D eigenvalue weighted by atomic mass is 32.2. The third kappa shape index (κ3) is 6.27. The van der Waals surface area contributed by atoms with Gasteiger partial charge in [-0.3, -0.25) is 9.52 Å². The molecular formula is C21H28FN3O3S. The SMILES string of the molecule is CCCN(CCN(C)C)C(=O)c1cc(S(=O)(=O)Nc2ccc(F)cc2)ccc1C. The summed E-state index contributed by atoms with van der Waals surface area (Å²) < 4.78 is 41.0. The normalized spacial score (nSPS) is 11.5. The van der Waals surface area contributed by atoms with Gasteiger partial charge in [0.25, 0.3) is 15.9 Å². The van der Waals surface area contributed by atoms with Gasteiger partial charge in [0.15, 0.2) is 0 Å². The van der Waals surface area contributed by atoms with Gasteiger partial charge in [0.2, 0.25) is 0 Å². The van der Waals surface area contributed by atoms with Crippen molar-refractivity contribution in [1.82, 2.24) is 9.80 Å². The summed E-state index contributed by atoms with van der Waals surface area (Å²) in [7, 11) is -0.0368. The number of carbonyl (C=O) groups is 1. The van der Waals surface area contributed by atoms with Crippen LogP contribution in [0, 0.1) is 12.7 Å². The summed E-state index contributed by atoms with van der Waals surface area (Å²) in [6, 6.07) is 9.53. The van der Waals surface area contributed by atoms with Crippen molar-refractivity contribution in [3.8, 4) is 0 Å². The fourth-order valence-corrected chi connectivity index (χ4v) is 3.89. The summed E-state index contributed by atoms with van der Waals surface area (Å²) in [6.45, 7) is 5.65. The topological polar surface area (TPSA) is 69.7 Å². The zero-order valence-corrected chi connectivity index (χ0v) is 18.1. The van der Waals surface area contributed by atoms with Gasteiger partial charge in [-0.25, -0.2) is 12.8 Å². The Morgan fingerprint density at radius 3 is 2.28 bits per heavy atom. The van der Waals surface area contributed by atoms with Crippen LogP contribution in [0.3, 0.4) is 0 Å². The average molecular weight is 422 g/mol. The van der Waals surface area contributed by atoms with Gasteiger partial charge in [-0.15, -0.1) is 0 Å². The van der Waals surface area contributed by atoms with E-state index in [-0.39, 0.29) is 16.5 Å². The Morgan fingerprint density at radius 2 is 1.69 bits per heavy atom. The van der Waals surface area contributed by atoms with Gasteiger partial charge in [-0.1, -0.05) is 13.0 Å². The number of benzene rings is 2. The third-order valence-corrected chi connectivity index (χ3v) is 5.82. The predicted octanol–water partition coefficient (Wildman–Crippen LogP) is 3.35. The van der Waals surface area contributed by atoms with Crippen molar-refractivity contribution >= 4 is 21.6 Å². The lowest BCUT2D eigenvalue weighted by atomic mass is 10.1. The van der Waals surface area contributed by atoms with Crippen molar-refractivity contribution < 1.29 is 17.6 Å². The molecule has 0 aliphatic carbocycles. The molecule has 0 spiro atoms. The molecule has 8 heteroatoms. The Bertz CT molecular complexity index is 944. The number of aryl methyl sites for hydroxylation is 1. The maximum absolute atomic E-state index is 13.1. The van der Waals surface area contributed by atoms with E-state index in [9.17, 15) is 17.6 Å². The molecule has 0 saturated carbocycles. The number of sulfonamides is 1. The Labute approximate surface area is 172 Å². The number of likely N-dealkylation sites (N-methyl/N-ethyl adjacent to an activating group) is 1. The van der Waals surface area contributed by atoms with E-state index in [4.69, 9.17) is 0 Å². The molecule has 2 rings (SSSR count). The molecule has 0 bridgehead atoms. The Morgan fingerprint density at radius 1 is 1.03 bits per heavy atom. The van der Waals surface area contributed by atoms with Crippen LogP contribution in [0.5, 0.6) is 0 Å². The summed E-state index contributed by atoms with van der Waals surface area (Å²) in [5.41, 5.74) is 1.32. The fraction of sp³-hybridized carbons (Fsp3) is 0.381. The predicted molar refractivity (Wildman–Crippen MR) is 113 cm³/mol. The minimum Gasteiger partial charge on any atom is -0.337 e. The van der Waals surface area contributed by atoms with Crippen LogP contribution in [0.2, 0.25) is 0 Å². The van der Waals surface area contributed by atoms with Gasteiger partial charge in [-0.2, -0.15) is 0 Å². The van der Waals surface area contributed by atoms with Gasteiger partial charge in [0, 0.05) is 30.9 Å². The summed E-state index contributed by atoms with van der Waals surface area (Å²) in [4.78, 5) is 16.8. The zero-order chi connectivity index (χ0) is 21.6. The van der Waals surface area contributed by atoms with Crippen LogP contribution in [0.4, 0.5) is 10.1 Å². The third-order valence-electron chi connectivity index (χ3n) is 4.44. The average Bonchev–Trinajstić information content (AvgIpc) is 2.66. The molecule has 0 atom stereocenters. The quantitative estimate of drug-likeness (QED) is 0.674. The van der Waals surface area contributed by atoms with Crippen LogP contribution in [0.25, 0.3) is 0 Å². The molecular weight excluding hydrogens is 393 g/mol. The minimum atomic E-state index is -3.91. The molecule has 0 aliphatic rings. The first-order valence-corrected chi connectivity index (χ1v) is 11.0. The molecule has 29 heavy (non-hydrogen) atoms. The largest absolute Gasteiger partial charge is 0.337 e. The lowest BCUT2D eigenvalue weighted by Crippen LogP contribution is -2.37. The smallest absolute Gasteiger partial charge is 0.261 e. The van der Waals surface area contributed by atoms with Gasteiger partial charge in [-0.05, 0) is 69.4 Å². The minimum absolute atomic E-state index is 0.0140. The molecule has 0 radical (unpaired) electrons. The molecule has 0 aliphatic heterocycles. The number of nitrogens with zero attached hydrogens (tertiary/aromatic N) is 2. The first kappa shape index (κ1) is 22.8. The molecule has 158 valence electrons. The van der Waals surface area contributed by atoms with Crippen molar-refractivity contribution in [3.05, 3.63) is 59.4 Å². The number of halogens is 1. The van der Waals surface area contributed by atoms with Crippen LogP contribution in [0.1, 0.15) is 29.3 Å². The van der Waals surface area contributed by atoms with E-state index in [1.54, 1.807) is 17.9 Å². The molecule has 0 aromatic heterocycles. The monoisotopic (exact) mass is 421 g/mol. The van der Waals surface area contributed by atoms with Crippen LogP contribution >= 0.6 is 0 Å². The number of hydrogen-bond donors (Lipinski definition) is 1. The van der Waals surface area contributed by atoms with E-state index in [1.807, 2.05) is 25.9 Å². The van der Waals surface area contributed by atoms with Crippen molar-refractivity contribution in [2.24, 2.45) is 0 Å². The molecule has 1 amide bonds. The van der Waals surface area contributed by atoms with E-state index in [0.717, 1.165) is 13.0 Å².